The average molecular weight is 471 g/mol. The molecule has 3 aromatic carbocycles. The maximum atomic E-state index is 12.7. The number of carbonyl (C=O) groups excluding carboxylic acids is 1. The average Bonchev–Trinajstić information content (AvgIpc) is 3.42. The van der Waals surface area contributed by atoms with Crippen LogP contribution in [0.15, 0.2) is 66.7 Å². The van der Waals surface area contributed by atoms with E-state index in [0.717, 1.165) is 42.1 Å². The van der Waals surface area contributed by atoms with E-state index in [4.69, 9.17) is 4.74 Å². The maximum absolute atomic E-state index is 12.7. The van der Waals surface area contributed by atoms with Gasteiger partial charge in [-0.1, -0.05) is 59.9 Å². The zero-order valence-corrected chi connectivity index (χ0v) is 19.8. The zero-order chi connectivity index (χ0) is 23.1. The van der Waals surface area contributed by atoms with Crippen LogP contribution in [0.3, 0.4) is 0 Å². The number of ether oxygens (including phenoxy) is 1. The summed E-state index contributed by atoms with van der Waals surface area (Å²) in [5.41, 5.74) is 6.34. The molecule has 0 radical (unpaired) electrons. The molecule has 34 heavy (non-hydrogen) atoms. The van der Waals surface area contributed by atoms with E-state index in [-0.39, 0.29) is 5.91 Å². The lowest BCUT2D eigenvalue weighted by Crippen LogP contribution is -2.49. The van der Waals surface area contributed by atoms with Gasteiger partial charge < -0.3 is 10.1 Å². The first-order chi connectivity index (χ1) is 16.7. The molecular formula is C27H26N4O2S. The van der Waals surface area contributed by atoms with E-state index in [0.29, 0.717) is 17.7 Å². The van der Waals surface area contributed by atoms with Crippen LogP contribution in [0.4, 0.5) is 5.13 Å². The molecule has 0 atom stereocenters. The number of nitrogens with zero attached hydrogens (tertiary/aromatic N) is 3. The van der Waals surface area contributed by atoms with E-state index >= 15 is 0 Å². The lowest BCUT2D eigenvalue weighted by molar-refractivity contribution is -0.117. The van der Waals surface area contributed by atoms with Gasteiger partial charge in [-0.05, 0) is 40.5 Å². The van der Waals surface area contributed by atoms with Gasteiger partial charge in [-0.15, -0.1) is 0 Å². The number of thiazole rings is 1. The number of hydrogen-bond donors (Lipinski definition) is 1. The van der Waals surface area contributed by atoms with E-state index in [1.807, 2.05) is 18.2 Å². The molecule has 1 saturated heterocycles. The van der Waals surface area contributed by atoms with Crippen LogP contribution in [-0.2, 0) is 4.79 Å². The molecule has 1 fully saturated rings. The Morgan fingerprint density at radius 2 is 1.68 bits per heavy atom. The monoisotopic (exact) mass is 470 g/mol. The number of fused-ring (bicyclic) bond motifs is 4. The minimum atomic E-state index is -0.0176. The summed E-state index contributed by atoms with van der Waals surface area (Å²) < 4.78 is 6.28. The molecule has 7 heteroatoms. The Bertz CT molecular complexity index is 1310. The number of methoxy groups -OCH3 is 1. The number of hydrogen-bond acceptors (Lipinski definition) is 6. The van der Waals surface area contributed by atoms with Gasteiger partial charge in [0.25, 0.3) is 0 Å². The van der Waals surface area contributed by atoms with Crippen molar-refractivity contribution >= 4 is 32.6 Å². The van der Waals surface area contributed by atoms with Crippen LogP contribution in [0.5, 0.6) is 5.75 Å². The van der Waals surface area contributed by atoms with Crippen LogP contribution in [0.2, 0.25) is 0 Å². The van der Waals surface area contributed by atoms with Crippen molar-refractivity contribution in [3.63, 3.8) is 0 Å². The van der Waals surface area contributed by atoms with Gasteiger partial charge in [-0.25, -0.2) is 4.98 Å². The van der Waals surface area contributed by atoms with Gasteiger partial charge in [0, 0.05) is 26.2 Å². The van der Waals surface area contributed by atoms with Crippen molar-refractivity contribution in [3.05, 3.63) is 77.9 Å². The minimum Gasteiger partial charge on any atom is -0.497 e. The molecule has 1 aliphatic carbocycles. The van der Waals surface area contributed by atoms with E-state index in [2.05, 4.69) is 68.6 Å². The number of rotatable bonds is 5. The van der Waals surface area contributed by atoms with Gasteiger partial charge in [0.15, 0.2) is 5.13 Å². The number of amides is 1. The molecule has 0 bridgehead atoms. The third-order valence-electron chi connectivity index (χ3n) is 6.78. The Hall–Kier alpha value is -3.26. The number of anilines is 1. The van der Waals surface area contributed by atoms with Crippen molar-refractivity contribution in [3.8, 4) is 16.9 Å². The molecule has 1 amide bonds. The number of aromatic nitrogens is 1. The summed E-state index contributed by atoms with van der Waals surface area (Å²) in [5.74, 6) is 0.774. The van der Waals surface area contributed by atoms with Crippen LogP contribution < -0.4 is 10.1 Å². The maximum Gasteiger partial charge on any atom is 0.240 e. The predicted molar refractivity (Wildman–Crippen MR) is 137 cm³/mol. The Morgan fingerprint density at radius 3 is 2.35 bits per heavy atom. The normalized spacial score (nSPS) is 16.4. The first kappa shape index (κ1) is 21.3. The summed E-state index contributed by atoms with van der Waals surface area (Å²) >= 11 is 1.47. The van der Waals surface area contributed by atoms with Crippen LogP contribution >= 0.6 is 11.3 Å². The molecule has 1 aromatic heterocycles. The van der Waals surface area contributed by atoms with Gasteiger partial charge in [-0.3, -0.25) is 14.6 Å². The van der Waals surface area contributed by atoms with E-state index in [1.54, 1.807) is 7.11 Å². The Morgan fingerprint density at radius 1 is 1.00 bits per heavy atom. The second-order valence-corrected chi connectivity index (χ2v) is 9.82. The second-order valence-electron chi connectivity index (χ2n) is 8.79. The first-order valence-corrected chi connectivity index (χ1v) is 12.4. The van der Waals surface area contributed by atoms with Gasteiger partial charge in [0.05, 0.1) is 29.9 Å². The van der Waals surface area contributed by atoms with Crippen molar-refractivity contribution in [2.24, 2.45) is 0 Å². The summed E-state index contributed by atoms with van der Waals surface area (Å²) in [5, 5.41) is 3.61. The van der Waals surface area contributed by atoms with E-state index in [1.165, 1.54) is 33.6 Å². The molecule has 4 aromatic rings. The largest absolute Gasteiger partial charge is 0.497 e. The SMILES string of the molecule is COc1ccc2nc(NC(=O)CN3CCN(C4c5ccccc5-c5ccccc54)CC3)sc2c1. The molecule has 2 aliphatic rings. The Balaban J connectivity index is 1.09. The number of benzene rings is 3. The van der Waals surface area contributed by atoms with E-state index < -0.39 is 0 Å². The fraction of sp³-hybridized carbons (Fsp3) is 0.259. The van der Waals surface area contributed by atoms with Gasteiger partial charge >= 0.3 is 0 Å². The van der Waals surface area contributed by atoms with Crippen LogP contribution in [-0.4, -0.2) is 60.5 Å². The highest BCUT2D eigenvalue weighted by Crippen LogP contribution is 2.46. The minimum absolute atomic E-state index is 0.0176. The second kappa shape index (κ2) is 8.83. The fourth-order valence-corrected chi connectivity index (χ4v) is 6.06. The first-order valence-electron chi connectivity index (χ1n) is 11.6. The molecule has 2 heterocycles. The van der Waals surface area contributed by atoms with Gasteiger partial charge in [-0.2, -0.15) is 0 Å². The zero-order valence-electron chi connectivity index (χ0n) is 19.0. The fourth-order valence-electron chi connectivity index (χ4n) is 5.15. The van der Waals surface area contributed by atoms with Crippen molar-refractivity contribution in [1.29, 1.82) is 0 Å². The van der Waals surface area contributed by atoms with Crippen LogP contribution in [0, 0.1) is 0 Å². The smallest absolute Gasteiger partial charge is 0.240 e. The summed E-state index contributed by atoms with van der Waals surface area (Å²) in [4.78, 5) is 22.0. The Labute approximate surface area is 202 Å². The van der Waals surface area contributed by atoms with Crippen molar-refractivity contribution in [1.82, 2.24) is 14.8 Å². The Kier molecular flexibility index (Phi) is 5.53. The van der Waals surface area contributed by atoms with Crippen molar-refractivity contribution in [2.45, 2.75) is 6.04 Å². The van der Waals surface area contributed by atoms with E-state index in [9.17, 15) is 4.79 Å². The quantitative estimate of drug-likeness (QED) is 0.461. The molecule has 0 saturated carbocycles. The third kappa shape index (κ3) is 3.86. The molecular weight excluding hydrogens is 444 g/mol. The predicted octanol–water partition coefficient (Wildman–Crippen LogP) is 4.63. The topological polar surface area (TPSA) is 57.7 Å². The number of nitrogens with one attached hydrogen (secondary N) is 1. The summed E-state index contributed by atoms with van der Waals surface area (Å²) in [6, 6.07) is 23.5. The van der Waals surface area contributed by atoms with Crippen molar-refractivity contribution < 1.29 is 9.53 Å². The van der Waals surface area contributed by atoms with Gasteiger partial charge in [0.2, 0.25) is 5.91 Å². The van der Waals surface area contributed by atoms with Crippen molar-refractivity contribution in [2.75, 3.05) is 45.2 Å². The third-order valence-corrected chi connectivity index (χ3v) is 7.72. The lowest BCUT2D eigenvalue weighted by atomic mass is 10.0. The molecule has 1 aliphatic heterocycles. The highest BCUT2D eigenvalue weighted by atomic mass is 32.1. The summed E-state index contributed by atoms with van der Waals surface area (Å²) in [6.07, 6.45) is 0. The van der Waals surface area contributed by atoms with Gasteiger partial charge in [0.1, 0.15) is 5.75 Å². The van der Waals surface area contributed by atoms with Crippen LogP contribution in [0.1, 0.15) is 17.2 Å². The molecule has 1 N–H and O–H groups in total. The molecule has 0 spiro atoms. The number of carbonyl (C=O) groups is 1. The summed E-state index contributed by atoms with van der Waals surface area (Å²) in [6.45, 7) is 3.98. The molecule has 0 unspecified atom stereocenters. The standard InChI is InChI=1S/C27H26N4O2S/c1-33-18-10-11-23-24(16-18)34-27(28-23)29-25(32)17-30-12-14-31(15-13-30)26-21-8-4-2-6-19(21)20-7-3-5-9-22(20)26/h2-11,16,26H,12-15,17H2,1H3,(H,28,29,32). The number of piperazine rings is 1. The summed E-state index contributed by atoms with van der Waals surface area (Å²) in [7, 11) is 1.65. The highest BCUT2D eigenvalue weighted by Gasteiger charge is 2.34. The molecule has 6 nitrogen and oxygen atoms in total. The highest BCUT2D eigenvalue weighted by molar-refractivity contribution is 7.22. The molecule has 6 rings (SSSR count). The van der Waals surface area contributed by atoms with Crippen LogP contribution in [0.25, 0.3) is 21.3 Å². The lowest BCUT2D eigenvalue weighted by Gasteiger charge is -2.38. The molecule has 172 valence electrons.